The van der Waals surface area contributed by atoms with Crippen molar-refractivity contribution in [2.24, 2.45) is 0 Å². The van der Waals surface area contributed by atoms with Crippen LogP contribution in [0.25, 0.3) is 0 Å². The molecule has 1 heterocycles. The highest BCUT2D eigenvalue weighted by Gasteiger charge is 2.21. The minimum absolute atomic E-state index is 0.122. The highest BCUT2D eigenvalue weighted by Crippen LogP contribution is 2.19. The summed E-state index contributed by atoms with van der Waals surface area (Å²) in [7, 11) is 3.36. The zero-order valence-electron chi connectivity index (χ0n) is 16.9. The number of ether oxygens (including phenoxy) is 1. The van der Waals surface area contributed by atoms with Crippen molar-refractivity contribution in [2.75, 3.05) is 51.8 Å². The van der Waals surface area contributed by atoms with Gasteiger partial charge in [0.2, 0.25) is 5.91 Å². The van der Waals surface area contributed by atoms with E-state index in [1.165, 1.54) is 25.3 Å². The maximum absolute atomic E-state index is 13.8. The Balaban J connectivity index is 1.42. The van der Waals surface area contributed by atoms with Gasteiger partial charge >= 0.3 is 0 Å². The monoisotopic (exact) mass is 403 g/mol. The summed E-state index contributed by atoms with van der Waals surface area (Å²) in [6.07, 6.45) is 0.422. The summed E-state index contributed by atoms with van der Waals surface area (Å²) < 4.78 is 31.8. The van der Waals surface area contributed by atoms with Crippen molar-refractivity contribution >= 4 is 11.6 Å². The van der Waals surface area contributed by atoms with Crippen LogP contribution in [0.3, 0.4) is 0 Å². The van der Waals surface area contributed by atoms with Crippen LogP contribution in [0.5, 0.6) is 5.75 Å². The van der Waals surface area contributed by atoms with Crippen LogP contribution in [0.15, 0.2) is 42.5 Å². The molecule has 1 amide bonds. The number of rotatable bonds is 7. The smallest absolute Gasteiger partial charge is 0.223 e. The summed E-state index contributed by atoms with van der Waals surface area (Å²) in [5.74, 6) is -0.277. The lowest BCUT2D eigenvalue weighted by Gasteiger charge is -2.36. The molecule has 2 aromatic rings. The lowest BCUT2D eigenvalue weighted by molar-refractivity contribution is -0.131. The fraction of sp³-hybridized carbons (Fsp3) is 0.409. The number of hydrogen-bond acceptors (Lipinski definition) is 4. The number of piperazine rings is 1. The van der Waals surface area contributed by atoms with Gasteiger partial charge in [0.05, 0.1) is 7.11 Å². The third kappa shape index (κ3) is 5.67. The minimum Gasteiger partial charge on any atom is -0.494 e. The molecule has 2 aromatic carbocycles. The van der Waals surface area contributed by atoms with Crippen LogP contribution >= 0.6 is 0 Å². The summed E-state index contributed by atoms with van der Waals surface area (Å²) in [5.41, 5.74) is 1.82. The number of anilines is 1. The molecule has 0 aromatic heterocycles. The molecular weight excluding hydrogens is 376 g/mol. The highest BCUT2D eigenvalue weighted by molar-refractivity contribution is 5.76. The molecule has 0 spiro atoms. The largest absolute Gasteiger partial charge is 0.494 e. The Bertz CT molecular complexity index is 821. The molecule has 5 nitrogen and oxygen atoms in total. The van der Waals surface area contributed by atoms with Crippen molar-refractivity contribution in [2.45, 2.75) is 13.0 Å². The van der Waals surface area contributed by atoms with Gasteiger partial charge in [-0.1, -0.05) is 6.07 Å². The highest BCUT2D eigenvalue weighted by atomic mass is 19.1. The standard InChI is InChI=1S/C22H27F2N3O2/c1-25(16-17-3-8-21(29-2)20(24)15-17)10-9-22(28)27-13-11-26(12-14-27)19-6-4-18(23)5-7-19/h3-8,15H,9-14,16H2,1-2H3. The molecule has 0 aliphatic carbocycles. The first kappa shape index (κ1) is 21.0. The van der Waals surface area contributed by atoms with E-state index in [-0.39, 0.29) is 23.3 Å². The number of carbonyl (C=O) groups is 1. The summed E-state index contributed by atoms with van der Waals surface area (Å²) in [6.45, 7) is 3.95. The van der Waals surface area contributed by atoms with Crippen molar-refractivity contribution in [3.63, 3.8) is 0 Å². The Kier molecular flexibility index (Phi) is 7.04. The van der Waals surface area contributed by atoms with E-state index in [1.807, 2.05) is 22.9 Å². The van der Waals surface area contributed by atoms with Gasteiger partial charge in [0.1, 0.15) is 5.82 Å². The number of benzene rings is 2. The normalized spacial score (nSPS) is 14.4. The van der Waals surface area contributed by atoms with Gasteiger partial charge in [-0.3, -0.25) is 4.79 Å². The van der Waals surface area contributed by atoms with Crippen LogP contribution < -0.4 is 9.64 Å². The van der Waals surface area contributed by atoms with Crippen molar-refractivity contribution < 1.29 is 18.3 Å². The first-order chi connectivity index (χ1) is 14.0. The Morgan fingerprint density at radius 1 is 1.07 bits per heavy atom. The minimum atomic E-state index is -0.381. The molecule has 1 saturated heterocycles. The zero-order valence-corrected chi connectivity index (χ0v) is 16.9. The Morgan fingerprint density at radius 3 is 2.38 bits per heavy atom. The Morgan fingerprint density at radius 2 is 1.76 bits per heavy atom. The van der Waals surface area contributed by atoms with E-state index < -0.39 is 0 Å². The van der Waals surface area contributed by atoms with Crippen molar-refractivity contribution in [3.05, 3.63) is 59.7 Å². The van der Waals surface area contributed by atoms with Gasteiger partial charge in [0, 0.05) is 51.4 Å². The van der Waals surface area contributed by atoms with Crippen LogP contribution in [0.4, 0.5) is 14.5 Å². The molecule has 1 aliphatic rings. The quantitative estimate of drug-likeness (QED) is 0.712. The molecular formula is C22H27F2N3O2. The van der Waals surface area contributed by atoms with E-state index in [4.69, 9.17) is 4.74 Å². The van der Waals surface area contributed by atoms with Gasteiger partial charge in [0.25, 0.3) is 0 Å². The SMILES string of the molecule is COc1ccc(CN(C)CCC(=O)N2CCN(c3ccc(F)cc3)CC2)cc1F. The fourth-order valence-electron chi connectivity index (χ4n) is 3.51. The predicted molar refractivity (Wildman–Crippen MR) is 109 cm³/mol. The number of amides is 1. The number of methoxy groups -OCH3 is 1. The number of carbonyl (C=O) groups excluding carboxylic acids is 1. The van der Waals surface area contributed by atoms with Crippen LogP contribution in [0.2, 0.25) is 0 Å². The summed E-state index contributed by atoms with van der Waals surface area (Å²) in [5, 5.41) is 0. The van der Waals surface area contributed by atoms with E-state index in [0.29, 0.717) is 32.6 Å². The van der Waals surface area contributed by atoms with Gasteiger partial charge < -0.3 is 19.4 Å². The molecule has 3 rings (SSSR count). The van der Waals surface area contributed by atoms with Gasteiger partial charge in [-0.25, -0.2) is 8.78 Å². The topological polar surface area (TPSA) is 36.0 Å². The van der Waals surface area contributed by atoms with Gasteiger partial charge in [-0.2, -0.15) is 0 Å². The third-order valence-electron chi connectivity index (χ3n) is 5.20. The first-order valence-electron chi connectivity index (χ1n) is 9.75. The molecule has 7 heteroatoms. The van der Waals surface area contributed by atoms with Gasteiger partial charge in [-0.15, -0.1) is 0 Å². The molecule has 1 fully saturated rings. The second-order valence-corrected chi connectivity index (χ2v) is 7.30. The maximum Gasteiger partial charge on any atom is 0.223 e. The van der Waals surface area contributed by atoms with Crippen LogP contribution in [-0.2, 0) is 11.3 Å². The van der Waals surface area contributed by atoms with E-state index in [0.717, 1.165) is 24.3 Å². The lowest BCUT2D eigenvalue weighted by Crippen LogP contribution is -2.49. The molecule has 29 heavy (non-hydrogen) atoms. The fourth-order valence-corrected chi connectivity index (χ4v) is 3.51. The summed E-state index contributed by atoms with van der Waals surface area (Å²) in [6, 6.07) is 11.4. The van der Waals surface area contributed by atoms with E-state index >= 15 is 0 Å². The van der Waals surface area contributed by atoms with Gasteiger partial charge in [0.15, 0.2) is 11.6 Å². The van der Waals surface area contributed by atoms with Crippen LogP contribution in [0, 0.1) is 11.6 Å². The van der Waals surface area contributed by atoms with E-state index in [2.05, 4.69) is 4.90 Å². The van der Waals surface area contributed by atoms with Crippen molar-refractivity contribution in [3.8, 4) is 5.75 Å². The van der Waals surface area contributed by atoms with Crippen molar-refractivity contribution in [1.82, 2.24) is 9.80 Å². The zero-order chi connectivity index (χ0) is 20.8. The molecule has 0 radical (unpaired) electrons. The van der Waals surface area contributed by atoms with Gasteiger partial charge in [-0.05, 0) is 49.0 Å². The second kappa shape index (κ2) is 9.69. The Labute approximate surface area is 170 Å². The molecule has 0 unspecified atom stereocenters. The number of halogens is 2. The lowest BCUT2D eigenvalue weighted by atomic mass is 10.2. The molecule has 1 aliphatic heterocycles. The first-order valence-corrected chi connectivity index (χ1v) is 9.75. The number of hydrogen-bond donors (Lipinski definition) is 0. The van der Waals surface area contributed by atoms with Crippen LogP contribution in [-0.4, -0.2) is 62.6 Å². The predicted octanol–water partition coefficient (Wildman–Crippen LogP) is 3.14. The van der Waals surface area contributed by atoms with Crippen LogP contribution in [0.1, 0.15) is 12.0 Å². The molecule has 0 N–H and O–H groups in total. The average Bonchev–Trinajstić information content (AvgIpc) is 2.73. The van der Waals surface area contributed by atoms with E-state index in [9.17, 15) is 13.6 Å². The summed E-state index contributed by atoms with van der Waals surface area (Å²) in [4.78, 5) is 18.6. The Hall–Kier alpha value is -2.67. The van der Waals surface area contributed by atoms with E-state index in [1.54, 1.807) is 18.2 Å². The van der Waals surface area contributed by atoms with Crippen molar-refractivity contribution in [1.29, 1.82) is 0 Å². The molecule has 156 valence electrons. The second-order valence-electron chi connectivity index (χ2n) is 7.30. The molecule has 0 atom stereocenters. The summed E-state index contributed by atoms with van der Waals surface area (Å²) >= 11 is 0. The maximum atomic E-state index is 13.8. The molecule has 0 saturated carbocycles. The third-order valence-corrected chi connectivity index (χ3v) is 5.20. The molecule has 0 bridgehead atoms. The number of nitrogens with zero attached hydrogens (tertiary/aromatic N) is 3. The average molecular weight is 403 g/mol.